The molecule has 0 unspecified atom stereocenters. The third kappa shape index (κ3) is 8.63. The molecule has 0 radical (unpaired) electrons. The number of likely N-dealkylation sites (N-methyl/N-ethyl adjacent to an activating group) is 1. The van der Waals surface area contributed by atoms with Crippen LogP contribution < -0.4 is 15.5 Å². The fourth-order valence-corrected chi connectivity index (χ4v) is 4.53. The van der Waals surface area contributed by atoms with Crippen LogP contribution in [-0.2, 0) is 22.7 Å². The summed E-state index contributed by atoms with van der Waals surface area (Å²) in [5.41, 5.74) is 5.85. The van der Waals surface area contributed by atoms with Gasteiger partial charge in [0.2, 0.25) is 5.91 Å². The van der Waals surface area contributed by atoms with Crippen LogP contribution in [-0.4, -0.2) is 71.1 Å². The van der Waals surface area contributed by atoms with E-state index < -0.39 is 0 Å². The number of benzene rings is 2. The Labute approximate surface area is 249 Å². The summed E-state index contributed by atoms with van der Waals surface area (Å²) in [6, 6.07) is 14.5. The van der Waals surface area contributed by atoms with Crippen LogP contribution in [0.15, 0.2) is 61.1 Å². The van der Waals surface area contributed by atoms with Gasteiger partial charge in [0.15, 0.2) is 0 Å². The van der Waals surface area contributed by atoms with Gasteiger partial charge in [-0.3, -0.25) is 24.6 Å². The molecule has 9 nitrogen and oxygen atoms in total. The quantitative estimate of drug-likeness (QED) is 0.331. The van der Waals surface area contributed by atoms with E-state index in [1.165, 1.54) is 11.1 Å². The van der Waals surface area contributed by atoms with E-state index in [-0.39, 0.29) is 49.7 Å². The lowest BCUT2D eigenvalue weighted by Crippen LogP contribution is -2.48. The molecule has 40 heavy (non-hydrogen) atoms. The van der Waals surface area contributed by atoms with Gasteiger partial charge < -0.3 is 15.5 Å². The minimum Gasteiger partial charge on any atom is -0.353 e. The largest absolute Gasteiger partial charge is 0.353 e. The number of aryl methyl sites for hydroxylation is 1. The maximum atomic E-state index is 13.5. The van der Waals surface area contributed by atoms with E-state index in [9.17, 15) is 9.59 Å². The molecule has 0 bridgehead atoms. The van der Waals surface area contributed by atoms with E-state index in [1.807, 2.05) is 47.2 Å². The maximum Gasteiger partial charge on any atom is 0.256 e. The molecule has 0 spiro atoms. The molecule has 0 fully saturated rings. The summed E-state index contributed by atoms with van der Waals surface area (Å²) in [5.74, 6) is -0.222. The lowest BCUT2D eigenvalue weighted by Gasteiger charge is -2.32. The third-order valence-electron chi connectivity index (χ3n) is 6.68. The number of fused-ring (bicyclic) bond motifs is 1. The normalized spacial score (nSPS) is 12.2. The monoisotopic (exact) mass is 587 g/mol. The van der Waals surface area contributed by atoms with Crippen molar-refractivity contribution in [3.63, 3.8) is 0 Å². The number of halogens is 2. The van der Waals surface area contributed by atoms with Crippen LogP contribution in [0.4, 0.5) is 5.69 Å². The van der Waals surface area contributed by atoms with E-state index in [2.05, 4.69) is 46.6 Å². The zero-order valence-electron chi connectivity index (χ0n) is 23.5. The van der Waals surface area contributed by atoms with E-state index in [0.717, 1.165) is 22.5 Å². The Hall–Kier alpha value is -3.24. The minimum absolute atomic E-state index is 0. The molecule has 2 N–H and O–H groups in total. The summed E-state index contributed by atoms with van der Waals surface area (Å²) in [5, 5.41) is 9.99. The average Bonchev–Trinajstić information content (AvgIpc) is 3.35. The summed E-state index contributed by atoms with van der Waals surface area (Å²) >= 11 is 0. The molecular weight excluding hydrogens is 549 g/mol. The van der Waals surface area contributed by atoms with Gasteiger partial charge in [-0.25, -0.2) is 5.01 Å². The fourth-order valence-electron chi connectivity index (χ4n) is 4.53. The van der Waals surface area contributed by atoms with Gasteiger partial charge >= 0.3 is 0 Å². The highest BCUT2D eigenvalue weighted by molar-refractivity contribution is 5.87. The van der Waals surface area contributed by atoms with E-state index in [4.69, 9.17) is 0 Å². The standard InChI is InChI=1S/C29H37N7O2.2ClH/c1-21(2)31-13-14-33-28(37)19-35(27-15-23(10-9-22(27)3)26-16-30-11-12-32-26)20-29(38)34(4)36-17-24-7-5-6-8-25(24)18-36;;/h5-12,15-16,21,31H,13-14,17-20H2,1-4H3,(H,33,37);2*1H. The highest BCUT2D eigenvalue weighted by Crippen LogP contribution is 2.28. The van der Waals surface area contributed by atoms with Crippen molar-refractivity contribution in [2.24, 2.45) is 0 Å². The van der Waals surface area contributed by atoms with Gasteiger partial charge in [0.1, 0.15) is 0 Å². The number of anilines is 1. The fraction of sp³-hybridized carbons (Fsp3) is 0.379. The predicted molar refractivity (Wildman–Crippen MR) is 164 cm³/mol. The summed E-state index contributed by atoms with van der Waals surface area (Å²) in [6.45, 7) is 8.81. The Morgan fingerprint density at radius 2 is 1.70 bits per heavy atom. The summed E-state index contributed by atoms with van der Waals surface area (Å²) in [6.07, 6.45) is 4.99. The molecule has 1 aliphatic heterocycles. The molecule has 4 rings (SSSR count). The number of aromatic nitrogens is 2. The number of carbonyl (C=O) groups is 2. The van der Waals surface area contributed by atoms with Crippen LogP contribution in [0.2, 0.25) is 0 Å². The molecule has 1 aromatic heterocycles. The number of nitrogens with one attached hydrogen (secondary N) is 2. The van der Waals surface area contributed by atoms with Crippen LogP contribution in [0.3, 0.4) is 0 Å². The first-order chi connectivity index (χ1) is 18.3. The number of rotatable bonds is 11. The van der Waals surface area contributed by atoms with Crippen molar-refractivity contribution >= 4 is 42.3 Å². The highest BCUT2D eigenvalue weighted by Gasteiger charge is 2.27. The molecule has 2 heterocycles. The van der Waals surface area contributed by atoms with Gasteiger partial charge in [-0.1, -0.05) is 50.2 Å². The molecular formula is C29H39Cl2N7O2. The number of carbonyl (C=O) groups excluding carboxylic acids is 2. The van der Waals surface area contributed by atoms with Gasteiger partial charge in [-0.05, 0) is 29.7 Å². The van der Waals surface area contributed by atoms with E-state index in [0.29, 0.717) is 32.2 Å². The molecule has 0 saturated heterocycles. The first-order valence-electron chi connectivity index (χ1n) is 13.0. The van der Waals surface area contributed by atoms with Crippen molar-refractivity contribution in [1.82, 2.24) is 30.6 Å². The number of hydrazine groups is 1. The van der Waals surface area contributed by atoms with Crippen LogP contribution in [0.25, 0.3) is 11.3 Å². The van der Waals surface area contributed by atoms with Crippen molar-refractivity contribution in [2.45, 2.75) is 39.9 Å². The predicted octanol–water partition coefficient (Wildman–Crippen LogP) is 3.61. The van der Waals surface area contributed by atoms with Crippen LogP contribution in [0, 0.1) is 6.92 Å². The van der Waals surface area contributed by atoms with Gasteiger partial charge in [0.25, 0.3) is 5.91 Å². The second kappa shape index (κ2) is 15.5. The smallest absolute Gasteiger partial charge is 0.256 e. The highest BCUT2D eigenvalue weighted by atomic mass is 35.5. The molecule has 11 heteroatoms. The molecule has 216 valence electrons. The van der Waals surface area contributed by atoms with Crippen molar-refractivity contribution in [3.8, 4) is 11.3 Å². The molecule has 0 aliphatic carbocycles. The van der Waals surface area contributed by atoms with E-state index >= 15 is 0 Å². The maximum absolute atomic E-state index is 13.5. The first kappa shape index (κ1) is 33.0. The van der Waals surface area contributed by atoms with Crippen LogP contribution in [0.5, 0.6) is 0 Å². The second-order valence-electron chi connectivity index (χ2n) is 9.92. The Balaban J connectivity index is 0.00000280. The Kier molecular flexibility index (Phi) is 12.8. The zero-order chi connectivity index (χ0) is 27.1. The van der Waals surface area contributed by atoms with Gasteiger partial charge in [-0.2, -0.15) is 0 Å². The number of amides is 2. The van der Waals surface area contributed by atoms with Crippen molar-refractivity contribution < 1.29 is 9.59 Å². The Morgan fingerprint density at radius 3 is 2.33 bits per heavy atom. The summed E-state index contributed by atoms with van der Waals surface area (Å²) in [7, 11) is 1.80. The lowest BCUT2D eigenvalue weighted by atomic mass is 10.1. The van der Waals surface area contributed by atoms with E-state index in [1.54, 1.807) is 30.6 Å². The summed E-state index contributed by atoms with van der Waals surface area (Å²) in [4.78, 5) is 36.9. The molecule has 2 amide bonds. The second-order valence-corrected chi connectivity index (χ2v) is 9.92. The third-order valence-corrected chi connectivity index (χ3v) is 6.68. The van der Waals surface area contributed by atoms with Crippen molar-refractivity contribution in [2.75, 3.05) is 38.1 Å². The van der Waals surface area contributed by atoms with Gasteiger partial charge in [0, 0.05) is 62.9 Å². The SMILES string of the molecule is Cc1ccc(-c2cnccn2)cc1N(CC(=O)NCCNC(C)C)CC(=O)N(C)N1Cc2ccccc2C1.Cl.Cl. The molecule has 3 aromatic rings. The molecule has 1 aliphatic rings. The molecule has 0 atom stereocenters. The molecule has 0 saturated carbocycles. The van der Waals surface area contributed by atoms with Gasteiger partial charge in [-0.15, -0.1) is 24.8 Å². The Bertz CT molecular complexity index is 1240. The number of hydrogen-bond acceptors (Lipinski definition) is 7. The molecule has 2 aromatic carbocycles. The van der Waals surface area contributed by atoms with Crippen molar-refractivity contribution in [1.29, 1.82) is 0 Å². The van der Waals surface area contributed by atoms with Crippen molar-refractivity contribution in [3.05, 3.63) is 77.7 Å². The minimum atomic E-state index is -0.135. The summed E-state index contributed by atoms with van der Waals surface area (Å²) < 4.78 is 0. The average molecular weight is 589 g/mol. The first-order valence-corrected chi connectivity index (χ1v) is 13.0. The number of nitrogens with zero attached hydrogens (tertiary/aromatic N) is 5. The van der Waals surface area contributed by atoms with Gasteiger partial charge in [0.05, 0.1) is 25.0 Å². The van der Waals surface area contributed by atoms with Crippen LogP contribution >= 0.6 is 24.8 Å². The van der Waals surface area contributed by atoms with Crippen LogP contribution in [0.1, 0.15) is 30.5 Å². The zero-order valence-corrected chi connectivity index (χ0v) is 25.1. The Morgan fingerprint density at radius 1 is 1.00 bits per heavy atom. The lowest BCUT2D eigenvalue weighted by molar-refractivity contribution is -0.145. The number of hydrogen-bond donors (Lipinski definition) is 2. The topological polar surface area (TPSA) is 93.7 Å².